The maximum absolute atomic E-state index is 12.8. The molecule has 0 spiro atoms. The minimum absolute atomic E-state index is 0.309. The van der Waals surface area contributed by atoms with Crippen molar-refractivity contribution in [2.45, 2.75) is 0 Å². The third-order valence-electron chi connectivity index (χ3n) is 2.71. The van der Waals surface area contributed by atoms with Gasteiger partial charge in [0, 0.05) is 11.3 Å². The van der Waals surface area contributed by atoms with Crippen molar-refractivity contribution in [2.75, 3.05) is 5.73 Å². The second kappa shape index (κ2) is 4.53. The van der Waals surface area contributed by atoms with Crippen molar-refractivity contribution in [1.82, 2.24) is 10.2 Å². The Morgan fingerprint density at radius 3 is 2.32 bits per heavy atom. The summed E-state index contributed by atoms with van der Waals surface area (Å²) in [6, 6.07) is 13.1. The molecule has 2 aromatic carbocycles. The number of hydrogen-bond acceptors (Lipinski definition) is 4. The Balaban J connectivity index is 2.00. The molecule has 0 saturated carbocycles. The molecule has 0 radical (unpaired) electrons. The smallest absolute Gasteiger partial charge is 0.250 e. The molecule has 0 unspecified atom stereocenters. The summed E-state index contributed by atoms with van der Waals surface area (Å²) in [6.45, 7) is 0. The highest BCUT2D eigenvalue weighted by atomic mass is 19.1. The van der Waals surface area contributed by atoms with E-state index in [1.807, 2.05) is 12.1 Å². The van der Waals surface area contributed by atoms with Gasteiger partial charge in [-0.1, -0.05) is 12.1 Å². The van der Waals surface area contributed by atoms with Gasteiger partial charge in [0.2, 0.25) is 11.8 Å². The van der Waals surface area contributed by atoms with E-state index in [1.165, 1.54) is 12.1 Å². The molecule has 1 aromatic heterocycles. The first kappa shape index (κ1) is 11.4. The predicted octanol–water partition coefficient (Wildman–Crippen LogP) is 3.12. The molecular formula is C14H10FN3O. The molecule has 0 aliphatic carbocycles. The molecule has 5 heteroatoms. The molecule has 3 rings (SSSR count). The first-order chi connectivity index (χ1) is 9.24. The predicted molar refractivity (Wildman–Crippen MR) is 69.5 cm³/mol. The quantitative estimate of drug-likeness (QED) is 0.714. The number of halogens is 1. The van der Waals surface area contributed by atoms with Gasteiger partial charge in [-0.15, -0.1) is 10.2 Å². The third kappa shape index (κ3) is 2.18. The number of aromatic nitrogens is 2. The Labute approximate surface area is 108 Å². The van der Waals surface area contributed by atoms with Gasteiger partial charge in [-0.05, 0) is 36.4 Å². The highest BCUT2D eigenvalue weighted by Gasteiger charge is 2.12. The minimum Gasteiger partial charge on any atom is -0.416 e. The molecule has 19 heavy (non-hydrogen) atoms. The largest absolute Gasteiger partial charge is 0.416 e. The standard InChI is InChI=1S/C14H10FN3O/c15-10-7-5-9(6-8-10)13-17-18-14(19-13)11-3-1-2-4-12(11)16/h1-8H,16H2. The van der Waals surface area contributed by atoms with Crippen molar-refractivity contribution in [3.8, 4) is 22.9 Å². The van der Waals surface area contributed by atoms with Crippen LogP contribution in [0.4, 0.5) is 10.1 Å². The number of hydrogen-bond donors (Lipinski definition) is 1. The summed E-state index contributed by atoms with van der Waals surface area (Å²) < 4.78 is 18.4. The van der Waals surface area contributed by atoms with Gasteiger partial charge in [-0.25, -0.2) is 4.39 Å². The summed E-state index contributed by atoms with van der Waals surface area (Å²) in [7, 11) is 0. The van der Waals surface area contributed by atoms with Crippen LogP contribution in [0.3, 0.4) is 0 Å². The first-order valence-electron chi connectivity index (χ1n) is 5.68. The first-order valence-corrected chi connectivity index (χ1v) is 5.68. The van der Waals surface area contributed by atoms with Crippen molar-refractivity contribution < 1.29 is 8.81 Å². The second-order valence-corrected chi connectivity index (χ2v) is 4.01. The van der Waals surface area contributed by atoms with Crippen LogP contribution in [0.25, 0.3) is 22.9 Å². The Bertz CT molecular complexity index is 707. The van der Waals surface area contributed by atoms with E-state index in [0.29, 0.717) is 28.6 Å². The number of benzene rings is 2. The maximum atomic E-state index is 12.8. The number of para-hydroxylation sites is 1. The van der Waals surface area contributed by atoms with Crippen molar-refractivity contribution in [1.29, 1.82) is 0 Å². The van der Waals surface area contributed by atoms with Gasteiger partial charge in [0.1, 0.15) is 5.82 Å². The topological polar surface area (TPSA) is 64.9 Å². The summed E-state index contributed by atoms with van der Waals surface area (Å²) in [4.78, 5) is 0. The summed E-state index contributed by atoms with van der Waals surface area (Å²) in [5.41, 5.74) is 7.75. The van der Waals surface area contributed by atoms with Crippen molar-refractivity contribution in [2.24, 2.45) is 0 Å². The van der Waals surface area contributed by atoms with Crippen LogP contribution < -0.4 is 5.73 Å². The maximum Gasteiger partial charge on any atom is 0.250 e. The number of nitrogens with zero attached hydrogens (tertiary/aromatic N) is 2. The van der Waals surface area contributed by atoms with E-state index in [9.17, 15) is 4.39 Å². The third-order valence-corrected chi connectivity index (χ3v) is 2.71. The highest BCUT2D eigenvalue weighted by Crippen LogP contribution is 2.27. The molecular weight excluding hydrogens is 245 g/mol. The molecule has 1 heterocycles. The van der Waals surface area contributed by atoms with Crippen molar-refractivity contribution in [3.05, 3.63) is 54.3 Å². The van der Waals surface area contributed by atoms with E-state index in [4.69, 9.17) is 10.2 Å². The van der Waals surface area contributed by atoms with E-state index >= 15 is 0 Å². The Hall–Kier alpha value is -2.69. The molecule has 0 saturated heterocycles. The lowest BCUT2D eigenvalue weighted by Crippen LogP contribution is -1.88. The van der Waals surface area contributed by atoms with E-state index in [1.54, 1.807) is 24.3 Å². The van der Waals surface area contributed by atoms with Crippen LogP contribution in [0.15, 0.2) is 52.9 Å². The van der Waals surface area contributed by atoms with Gasteiger partial charge in [-0.2, -0.15) is 0 Å². The lowest BCUT2D eigenvalue weighted by atomic mass is 10.2. The van der Waals surface area contributed by atoms with Crippen LogP contribution in [0.2, 0.25) is 0 Å². The SMILES string of the molecule is Nc1ccccc1-c1nnc(-c2ccc(F)cc2)o1. The molecule has 94 valence electrons. The molecule has 0 fully saturated rings. The number of anilines is 1. The van der Waals surface area contributed by atoms with Crippen LogP contribution in [0.1, 0.15) is 0 Å². The monoisotopic (exact) mass is 255 g/mol. The Morgan fingerprint density at radius 1 is 0.895 bits per heavy atom. The Morgan fingerprint density at radius 2 is 1.58 bits per heavy atom. The highest BCUT2D eigenvalue weighted by molar-refractivity contribution is 5.70. The van der Waals surface area contributed by atoms with E-state index in [2.05, 4.69) is 10.2 Å². The van der Waals surface area contributed by atoms with Gasteiger partial charge in [0.25, 0.3) is 0 Å². The van der Waals surface area contributed by atoms with Gasteiger partial charge in [0.05, 0.1) is 5.56 Å². The minimum atomic E-state index is -0.309. The fourth-order valence-electron chi connectivity index (χ4n) is 1.73. The number of nitrogen functional groups attached to an aromatic ring is 1. The lowest BCUT2D eigenvalue weighted by molar-refractivity contribution is 0.584. The Kier molecular flexibility index (Phi) is 2.72. The summed E-state index contributed by atoms with van der Waals surface area (Å²) in [6.07, 6.45) is 0. The van der Waals surface area contributed by atoms with Crippen molar-refractivity contribution in [3.63, 3.8) is 0 Å². The number of nitrogens with two attached hydrogens (primary N) is 1. The molecule has 2 N–H and O–H groups in total. The van der Waals surface area contributed by atoms with E-state index < -0.39 is 0 Å². The summed E-state index contributed by atoms with van der Waals surface area (Å²) in [5.74, 6) is 0.367. The van der Waals surface area contributed by atoms with Crippen LogP contribution in [0, 0.1) is 5.82 Å². The molecule has 0 atom stereocenters. The average Bonchev–Trinajstić information content (AvgIpc) is 2.89. The zero-order valence-electron chi connectivity index (χ0n) is 9.88. The normalized spacial score (nSPS) is 10.6. The number of rotatable bonds is 2. The molecule has 0 bridgehead atoms. The molecule has 4 nitrogen and oxygen atoms in total. The van der Waals surface area contributed by atoms with Gasteiger partial charge < -0.3 is 10.2 Å². The van der Waals surface area contributed by atoms with Gasteiger partial charge in [-0.3, -0.25) is 0 Å². The van der Waals surface area contributed by atoms with Crippen LogP contribution in [-0.2, 0) is 0 Å². The summed E-state index contributed by atoms with van der Waals surface area (Å²) >= 11 is 0. The average molecular weight is 255 g/mol. The van der Waals surface area contributed by atoms with E-state index in [0.717, 1.165) is 0 Å². The fraction of sp³-hybridized carbons (Fsp3) is 0. The van der Waals surface area contributed by atoms with Crippen LogP contribution >= 0.6 is 0 Å². The van der Waals surface area contributed by atoms with Gasteiger partial charge >= 0.3 is 0 Å². The lowest BCUT2D eigenvalue weighted by Gasteiger charge is -1.98. The van der Waals surface area contributed by atoms with Crippen LogP contribution in [0.5, 0.6) is 0 Å². The molecule has 0 amide bonds. The van der Waals surface area contributed by atoms with Gasteiger partial charge in [0.15, 0.2) is 0 Å². The molecule has 3 aromatic rings. The fourth-order valence-corrected chi connectivity index (χ4v) is 1.73. The molecule has 0 aliphatic rings. The molecule has 0 aliphatic heterocycles. The van der Waals surface area contributed by atoms with Crippen molar-refractivity contribution >= 4 is 5.69 Å². The second-order valence-electron chi connectivity index (χ2n) is 4.01. The summed E-state index contributed by atoms with van der Waals surface area (Å²) in [5, 5.41) is 7.89. The zero-order chi connectivity index (χ0) is 13.2. The van der Waals surface area contributed by atoms with Crippen LogP contribution in [-0.4, -0.2) is 10.2 Å². The van der Waals surface area contributed by atoms with E-state index in [-0.39, 0.29) is 5.82 Å². The zero-order valence-corrected chi connectivity index (χ0v) is 9.88.